The fourth-order valence-corrected chi connectivity index (χ4v) is 2.50. The average Bonchev–Trinajstić information content (AvgIpc) is 2.88. The first kappa shape index (κ1) is 15.6. The first-order valence-corrected chi connectivity index (χ1v) is 7.55. The van der Waals surface area contributed by atoms with E-state index in [1.165, 1.54) is 0 Å². The highest BCUT2D eigenvalue weighted by Crippen LogP contribution is 2.24. The predicted octanol–water partition coefficient (Wildman–Crippen LogP) is 3.18. The number of nitrogens with zero attached hydrogens (tertiary/aromatic N) is 1. The van der Waals surface area contributed by atoms with Crippen LogP contribution < -0.4 is 10.2 Å². The Labute approximate surface area is 136 Å². The molecule has 1 heterocycles. The molecule has 5 heteroatoms. The van der Waals surface area contributed by atoms with E-state index in [9.17, 15) is 0 Å². The number of hydrogen-bond donors (Lipinski definition) is 0. The summed E-state index contributed by atoms with van der Waals surface area (Å²) >= 11 is 0. The minimum Gasteiger partial charge on any atom is -0.457 e. The fraction of sp³-hybridized carbons (Fsp3) is 0.278. The zero-order valence-corrected chi connectivity index (χ0v) is 13.5. The van der Waals surface area contributed by atoms with Gasteiger partial charge in [0.05, 0.1) is 23.8 Å². The van der Waals surface area contributed by atoms with Gasteiger partial charge in [0.2, 0.25) is 0 Å². The summed E-state index contributed by atoms with van der Waals surface area (Å²) in [5.74, 6) is 1.44. The molecule has 0 bridgehead atoms. The Kier molecular flexibility index (Phi) is 4.12. The molecule has 0 saturated carbocycles. The molecule has 2 aromatic carbocycles. The van der Waals surface area contributed by atoms with Crippen LogP contribution in [0, 0.1) is 18.3 Å². The third-order valence-electron chi connectivity index (χ3n) is 3.72. The van der Waals surface area contributed by atoms with Gasteiger partial charge >= 0.3 is 7.12 Å². The highest BCUT2D eigenvalue weighted by molar-refractivity contribution is 6.62. The minimum atomic E-state index is -0.325. The second-order valence-corrected chi connectivity index (χ2v) is 6.28. The second kappa shape index (κ2) is 6.07. The molecule has 2 aromatic rings. The van der Waals surface area contributed by atoms with Crippen molar-refractivity contribution in [3.63, 3.8) is 0 Å². The summed E-state index contributed by atoms with van der Waals surface area (Å²) in [6.07, 6.45) is 0. The van der Waals surface area contributed by atoms with Crippen molar-refractivity contribution in [3.05, 3.63) is 53.6 Å². The number of ether oxygens (including phenoxy) is 1. The molecule has 4 nitrogen and oxygen atoms in total. The van der Waals surface area contributed by atoms with Crippen molar-refractivity contribution in [2.45, 2.75) is 26.4 Å². The smallest absolute Gasteiger partial charge is 0.457 e. The summed E-state index contributed by atoms with van der Waals surface area (Å²) in [6.45, 7) is 6.63. The highest BCUT2D eigenvalue weighted by Gasteiger charge is 2.38. The third-order valence-corrected chi connectivity index (χ3v) is 3.72. The van der Waals surface area contributed by atoms with Crippen LogP contribution in [0.25, 0.3) is 0 Å². The molecule has 0 unspecified atom stereocenters. The molecule has 0 spiro atoms. The lowest BCUT2D eigenvalue weighted by Gasteiger charge is -2.16. The van der Waals surface area contributed by atoms with Gasteiger partial charge in [0.15, 0.2) is 0 Å². The van der Waals surface area contributed by atoms with E-state index in [-0.39, 0.29) is 12.7 Å². The minimum absolute atomic E-state index is 0.255. The van der Waals surface area contributed by atoms with Crippen LogP contribution in [0.5, 0.6) is 11.5 Å². The Morgan fingerprint density at radius 2 is 1.83 bits per heavy atom. The Hall–Kier alpha value is -2.29. The highest BCUT2D eigenvalue weighted by atomic mass is 16.7. The predicted molar refractivity (Wildman–Crippen MR) is 88.9 cm³/mol. The Bertz CT molecular complexity index is 750. The molecular weight excluding hydrogens is 289 g/mol. The van der Waals surface area contributed by atoms with Crippen LogP contribution >= 0.6 is 0 Å². The van der Waals surface area contributed by atoms with E-state index < -0.39 is 0 Å². The maximum atomic E-state index is 8.81. The van der Waals surface area contributed by atoms with Crippen molar-refractivity contribution in [1.29, 1.82) is 5.26 Å². The lowest BCUT2D eigenvalue weighted by molar-refractivity contribution is 0.137. The first-order chi connectivity index (χ1) is 11.0. The number of aryl methyl sites for hydroxylation is 1. The van der Waals surface area contributed by atoms with Gasteiger partial charge in [-0.2, -0.15) is 5.26 Å². The molecule has 116 valence electrons. The van der Waals surface area contributed by atoms with Crippen molar-refractivity contribution in [2.75, 3.05) is 6.61 Å². The molecule has 23 heavy (non-hydrogen) atoms. The largest absolute Gasteiger partial charge is 0.494 e. The van der Waals surface area contributed by atoms with Gasteiger partial charge in [-0.1, -0.05) is 6.07 Å². The third kappa shape index (κ3) is 3.56. The van der Waals surface area contributed by atoms with Gasteiger partial charge in [0.25, 0.3) is 0 Å². The van der Waals surface area contributed by atoms with Gasteiger partial charge in [0, 0.05) is 0 Å². The second-order valence-electron chi connectivity index (χ2n) is 6.28. The van der Waals surface area contributed by atoms with Crippen molar-refractivity contribution in [2.24, 2.45) is 0 Å². The SMILES string of the molecule is Cc1cc(Oc2ccc(C#N)cc2)ccc1B1OCC(C)(C)O1. The Balaban J connectivity index is 1.75. The summed E-state index contributed by atoms with van der Waals surface area (Å²) in [5, 5.41) is 8.81. The monoisotopic (exact) mass is 307 g/mol. The maximum Gasteiger partial charge on any atom is 0.494 e. The summed E-state index contributed by atoms with van der Waals surface area (Å²) in [7, 11) is -0.325. The number of nitriles is 1. The maximum absolute atomic E-state index is 8.81. The average molecular weight is 307 g/mol. The van der Waals surface area contributed by atoms with Crippen molar-refractivity contribution < 1.29 is 14.0 Å². The Morgan fingerprint density at radius 3 is 2.39 bits per heavy atom. The van der Waals surface area contributed by atoms with Crippen LogP contribution in [-0.4, -0.2) is 19.3 Å². The fourth-order valence-electron chi connectivity index (χ4n) is 2.50. The van der Waals surface area contributed by atoms with Crippen LogP contribution in [0.1, 0.15) is 25.0 Å². The van der Waals surface area contributed by atoms with E-state index in [0.717, 1.165) is 16.8 Å². The van der Waals surface area contributed by atoms with E-state index in [4.69, 9.17) is 19.3 Å². The molecule has 0 atom stereocenters. The van der Waals surface area contributed by atoms with Crippen molar-refractivity contribution in [1.82, 2.24) is 0 Å². The van der Waals surface area contributed by atoms with E-state index in [0.29, 0.717) is 17.9 Å². The van der Waals surface area contributed by atoms with Crippen LogP contribution in [-0.2, 0) is 9.31 Å². The number of rotatable bonds is 3. The molecule has 0 N–H and O–H groups in total. The van der Waals surface area contributed by atoms with Gasteiger partial charge < -0.3 is 14.0 Å². The van der Waals surface area contributed by atoms with Gasteiger partial charge in [0.1, 0.15) is 11.5 Å². The molecule has 1 aliphatic rings. The molecule has 0 amide bonds. The molecular formula is C18H18BNO3. The molecule has 0 aromatic heterocycles. The van der Waals surface area contributed by atoms with E-state index >= 15 is 0 Å². The van der Waals surface area contributed by atoms with E-state index in [2.05, 4.69) is 6.07 Å². The van der Waals surface area contributed by atoms with E-state index in [1.54, 1.807) is 24.3 Å². The number of benzene rings is 2. The summed E-state index contributed by atoms with van der Waals surface area (Å²) in [5.41, 5.74) is 2.43. The van der Waals surface area contributed by atoms with Gasteiger partial charge in [-0.3, -0.25) is 0 Å². The van der Waals surface area contributed by atoms with Crippen LogP contribution in [0.3, 0.4) is 0 Å². The van der Waals surface area contributed by atoms with Crippen LogP contribution in [0.15, 0.2) is 42.5 Å². The van der Waals surface area contributed by atoms with Gasteiger partial charge in [-0.25, -0.2) is 0 Å². The molecule has 0 aliphatic carbocycles. The zero-order valence-electron chi connectivity index (χ0n) is 13.5. The molecule has 0 radical (unpaired) electrons. The van der Waals surface area contributed by atoms with Crippen LogP contribution in [0.2, 0.25) is 0 Å². The summed E-state index contributed by atoms with van der Waals surface area (Å²) < 4.78 is 17.5. The number of hydrogen-bond acceptors (Lipinski definition) is 4. The summed E-state index contributed by atoms with van der Waals surface area (Å²) in [6, 6.07) is 15.0. The Morgan fingerprint density at radius 1 is 1.13 bits per heavy atom. The molecule has 1 saturated heterocycles. The summed E-state index contributed by atoms with van der Waals surface area (Å²) in [4.78, 5) is 0. The quantitative estimate of drug-likeness (QED) is 0.817. The lowest BCUT2D eigenvalue weighted by Crippen LogP contribution is -2.36. The normalized spacial score (nSPS) is 16.2. The molecule has 1 aliphatic heterocycles. The van der Waals surface area contributed by atoms with Gasteiger partial charge in [-0.15, -0.1) is 0 Å². The van der Waals surface area contributed by atoms with Crippen molar-refractivity contribution >= 4 is 12.6 Å². The topological polar surface area (TPSA) is 51.5 Å². The first-order valence-electron chi connectivity index (χ1n) is 7.55. The lowest BCUT2D eigenvalue weighted by atomic mass is 9.76. The molecule has 1 fully saturated rings. The van der Waals surface area contributed by atoms with Crippen molar-refractivity contribution in [3.8, 4) is 17.6 Å². The van der Waals surface area contributed by atoms with E-state index in [1.807, 2.05) is 39.0 Å². The standard InChI is InChI=1S/C18H18BNO3/c1-13-10-16(22-15-6-4-14(11-20)5-7-15)8-9-17(13)19-21-12-18(2,3)23-19/h4-10H,12H2,1-3H3. The van der Waals surface area contributed by atoms with Crippen LogP contribution in [0.4, 0.5) is 0 Å². The molecule has 3 rings (SSSR count). The van der Waals surface area contributed by atoms with Gasteiger partial charge in [-0.05, 0) is 68.2 Å². The zero-order chi connectivity index (χ0) is 16.4.